The van der Waals surface area contributed by atoms with Crippen LogP contribution in [0.25, 0.3) is 0 Å². The Hall–Kier alpha value is -1.82. The van der Waals surface area contributed by atoms with Crippen LogP contribution in [-0.4, -0.2) is 63.3 Å². The first-order chi connectivity index (χ1) is 11.7. The lowest BCUT2D eigenvalue weighted by atomic mass is 10.2. The molecule has 1 saturated heterocycles. The molecule has 0 amide bonds. The first kappa shape index (κ1) is 18.5. The van der Waals surface area contributed by atoms with Crippen LogP contribution in [0, 0.1) is 5.82 Å². The molecule has 1 aliphatic rings. The predicted octanol–water partition coefficient (Wildman–Crippen LogP) is 2.34. The van der Waals surface area contributed by atoms with Crippen molar-refractivity contribution in [1.82, 2.24) is 10.2 Å². The van der Waals surface area contributed by atoms with Gasteiger partial charge in [-0.3, -0.25) is 4.99 Å². The van der Waals surface area contributed by atoms with Crippen molar-refractivity contribution in [3.63, 3.8) is 0 Å². The standard InChI is InChI=1S/C18H29FN4O/c1-3-20-18(21-10-5-15-24-4-2)23-13-11-22(12-14-23)17-8-6-16(19)7-9-17/h6-9H,3-5,10-15H2,1-2H3,(H,20,21). The molecule has 1 aromatic carbocycles. The van der Waals surface area contributed by atoms with Crippen molar-refractivity contribution >= 4 is 11.6 Å². The van der Waals surface area contributed by atoms with Crippen molar-refractivity contribution in [1.29, 1.82) is 0 Å². The number of hydrogen-bond donors (Lipinski definition) is 1. The fraction of sp³-hybridized carbons (Fsp3) is 0.611. The number of piperazine rings is 1. The Balaban J connectivity index is 1.85. The fourth-order valence-electron chi connectivity index (χ4n) is 2.75. The van der Waals surface area contributed by atoms with Gasteiger partial charge in [0.05, 0.1) is 0 Å². The SMILES string of the molecule is CCNC(=NCCCOCC)N1CCN(c2ccc(F)cc2)CC1. The second-order valence-electron chi connectivity index (χ2n) is 5.74. The van der Waals surface area contributed by atoms with Crippen molar-refractivity contribution in [3.05, 3.63) is 30.1 Å². The second kappa shape index (κ2) is 10.1. The largest absolute Gasteiger partial charge is 0.382 e. The Bertz CT molecular complexity index is 498. The number of halogens is 1. The molecule has 5 nitrogen and oxygen atoms in total. The van der Waals surface area contributed by atoms with Gasteiger partial charge in [-0.25, -0.2) is 4.39 Å². The van der Waals surface area contributed by atoms with Crippen LogP contribution < -0.4 is 10.2 Å². The van der Waals surface area contributed by atoms with Crippen molar-refractivity contribution in [2.24, 2.45) is 4.99 Å². The summed E-state index contributed by atoms with van der Waals surface area (Å²) in [5.41, 5.74) is 1.08. The van der Waals surface area contributed by atoms with E-state index in [-0.39, 0.29) is 5.82 Å². The van der Waals surface area contributed by atoms with Crippen molar-refractivity contribution in [2.75, 3.05) is 57.4 Å². The van der Waals surface area contributed by atoms with Crippen LogP contribution in [0.4, 0.5) is 10.1 Å². The number of guanidine groups is 1. The summed E-state index contributed by atoms with van der Waals surface area (Å²) in [6, 6.07) is 6.73. The Morgan fingerprint density at radius 1 is 1.17 bits per heavy atom. The van der Waals surface area contributed by atoms with Crippen LogP contribution in [0.1, 0.15) is 20.3 Å². The third-order valence-corrected chi connectivity index (χ3v) is 4.02. The molecule has 1 aliphatic heterocycles. The number of benzene rings is 1. The van der Waals surface area contributed by atoms with Crippen LogP contribution in [0.15, 0.2) is 29.3 Å². The number of ether oxygens (including phenoxy) is 1. The molecule has 0 radical (unpaired) electrons. The zero-order valence-electron chi connectivity index (χ0n) is 14.8. The van der Waals surface area contributed by atoms with Gasteiger partial charge in [-0.15, -0.1) is 0 Å². The third kappa shape index (κ3) is 5.67. The molecule has 0 aliphatic carbocycles. The molecule has 6 heteroatoms. The van der Waals surface area contributed by atoms with E-state index in [2.05, 4.69) is 22.0 Å². The lowest BCUT2D eigenvalue weighted by Crippen LogP contribution is -2.52. The van der Waals surface area contributed by atoms with Gasteiger partial charge >= 0.3 is 0 Å². The van der Waals surface area contributed by atoms with E-state index in [1.165, 1.54) is 12.1 Å². The van der Waals surface area contributed by atoms with Crippen molar-refractivity contribution in [2.45, 2.75) is 20.3 Å². The molecule has 1 N–H and O–H groups in total. The van der Waals surface area contributed by atoms with E-state index in [9.17, 15) is 4.39 Å². The van der Waals surface area contributed by atoms with Crippen LogP contribution in [0.5, 0.6) is 0 Å². The highest BCUT2D eigenvalue weighted by Gasteiger charge is 2.19. The minimum absolute atomic E-state index is 0.189. The predicted molar refractivity (Wildman–Crippen MR) is 97.3 cm³/mol. The maximum absolute atomic E-state index is 13.0. The third-order valence-electron chi connectivity index (χ3n) is 4.02. The Morgan fingerprint density at radius 2 is 1.88 bits per heavy atom. The van der Waals surface area contributed by atoms with E-state index in [1.807, 2.05) is 19.1 Å². The minimum atomic E-state index is -0.189. The van der Waals surface area contributed by atoms with E-state index in [0.29, 0.717) is 0 Å². The lowest BCUT2D eigenvalue weighted by Gasteiger charge is -2.37. The van der Waals surface area contributed by atoms with Gasteiger partial charge in [-0.2, -0.15) is 0 Å². The first-order valence-electron chi connectivity index (χ1n) is 8.86. The second-order valence-corrected chi connectivity index (χ2v) is 5.74. The molecule has 2 rings (SSSR count). The maximum atomic E-state index is 13.0. The van der Waals surface area contributed by atoms with E-state index in [1.54, 1.807) is 0 Å². The van der Waals surface area contributed by atoms with E-state index < -0.39 is 0 Å². The van der Waals surface area contributed by atoms with Gasteiger partial charge in [0, 0.05) is 58.2 Å². The monoisotopic (exact) mass is 336 g/mol. The summed E-state index contributed by atoms with van der Waals surface area (Å²) in [7, 11) is 0. The molecule has 0 bridgehead atoms. The summed E-state index contributed by atoms with van der Waals surface area (Å²) in [6.07, 6.45) is 0.943. The van der Waals surface area contributed by atoms with Crippen LogP contribution in [-0.2, 0) is 4.74 Å². The van der Waals surface area contributed by atoms with Gasteiger partial charge in [-0.05, 0) is 44.5 Å². The average Bonchev–Trinajstić information content (AvgIpc) is 2.61. The van der Waals surface area contributed by atoms with Crippen LogP contribution >= 0.6 is 0 Å². The topological polar surface area (TPSA) is 40.1 Å². The number of hydrogen-bond acceptors (Lipinski definition) is 3. The quantitative estimate of drug-likeness (QED) is 0.471. The zero-order chi connectivity index (χ0) is 17.2. The molecule has 0 unspecified atom stereocenters. The zero-order valence-corrected chi connectivity index (χ0v) is 14.8. The number of rotatable bonds is 7. The van der Waals surface area contributed by atoms with Gasteiger partial charge in [-0.1, -0.05) is 0 Å². The smallest absolute Gasteiger partial charge is 0.194 e. The molecule has 0 saturated carbocycles. The molecule has 1 heterocycles. The number of anilines is 1. The highest BCUT2D eigenvalue weighted by atomic mass is 19.1. The van der Waals surface area contributed by atoms with Crippen LogP contribution in [0.3, 0.4) is 0 Å². The Kier molecular flexibility index (Phi) is 7.82. The van der Waals surface area contributed by atoms with Gasteiger partial charge in [0.2, 0.25) is 0 Å². The van der Waals surface area contributed by atoms with Gasteiger partial charge in [0.25, 0.3) is 0 Å². The van der Waals surface area contributed by atoms with Gasteiger partial charge < -0.3 is 19.9 Å². The highest BCUT2D eigenvalue weighted by molar-refractivity contribution is 5.80. The minimum Gasteiger partial charge on any atom is -0.382 e. The molecule has 24 heavy (non-hydrogen) atoms. The summed E-state index contributed by atoms with van der Waals surface area (Å²) >= 11 is 0. The molecule has 0 spiro atoms. The van der Waals surface area contributed by atoms with E-state index in [4.69, 9.17) is 9.73 Å². The van der Waals surface area contributed by atoms with Crippen LogP contribution in [0.2, 0.25) is 0 Å². The summed E-state index contributed by atoms with van der Waals surface area (Å²) in [5, 5.41) is 3.37. The van der Waals surface area contributed by atoms with Gasteiger partial charge in [0.1, 0.15) is 5.82 Å². The maximum Gasteiger partial charge on any atom is 0.194 e. The number of nitrogens with zero attached hydrogens (tertiary/aromatic N) is 3. The molecule has 1 aromatic rings. The molecule has 0 aromatic heterocycles. The average molecular weight is 336 g/mol. The van der Waals surface area contributed by atoms with Crippen molar-refractivity contribution in [3.8, 4) is 0 Å². The highest BCUT2D eigenvalue weighted by Crippen LogP contribution is 2.16. The molecule has 1 fully saturated rings. The molecular weight excluding hydrogens is 307 g/mol. The first-order valence-corrected chi connectivity index (χ1v) is 8.86. The normalized spacial score (nSPS) is 15.7. The number of aliphatic imine (C=N–C) groups is 1. The lowest BCUT2D eigenvalue weighted by molar-refractivity contribution is 0.146. The summed E-state index contributed by atoms with van der Waals surface area (Å²) in [5.74, 6) is 0.791. The summed E-state index contributed by atoms with van der Waals surface area (Å²) in [6.45, 7) is 10.9. The fourth-order valence-corrected chi connectivity index (χ4v) is 2.75. The molecule has 134 valence electrons. The van der Waals surface area contributed by atoms with Gasteiger partial charge in [0.15, 0.2) is 5.96 Å². The Labute approximate surface area is 144 Å². The number of nitrogens with one attached hydrogen (secondary N) is 1. The van der Waals surface area contributed by atoms with E-state index in [0.717, 1.165) is 70.6 Å². The van der Waals surface area contributed by atoms with Crippen molar-refractivity contribution < 1.29 is 9.13 Å². The van der Waals surface area contributed by atoms with E-state index >= 15 is 0 Å². The summed E-state index contributed by atoms with van der Waals surface area (Å²) < 4.78 is 18.4. The summed E-state index contributed by atoms with van der Waals surface area (Å²) in [4.78, 5) is 9.28. The Morgan fingerprint density at radius 3 is 2.50 bits per heavy atom. The molecular formula is C18H29FN4O. The molecule has 0 atom stereocenters.